The molecule has 1 aliphatic carbocycles. The van der Waals surface area contributed by atoms with E-state index in [2.05, 4.69) is 44.0 Å². The maximum Gasteiger partial charge on any atom is 0.109 e. The van der Waals surface area contributed by atoms with Crippen molar-refractivity contribution in [3.05, 3.63) is 0 Å². The third kappa shape index (κ3) is 4.47. The Kier molecular flexibility index (Phi) is 6.82. The van der Waals surface area contributed by atoms with Crippen molar-refractivity contribution in [1.82, 2.24) is 10.2 Å². The summed E-state index contributed by atoms with van der Waals surface area (Å²) in [5.41, 5.74) is -0.264. The second-order valence-electron chi connectivity index (χ2n) is 6.19. The molecule has 3 nitrogen and oxygen atoms in total. The summed E-state index contributed by atoms with van der Waals surface area (Å²) >= 11 is 0. The lowest BCUT2D eigenvalue weighted by molar-refractivity contribution is 0.223. The summed E-state index contributed by atoms with van der Waals surface area (Å²) in [6.45, 7) is 12.2. The highest BCUT2D eigenvalue weighted by Gasteiger charge is 2.43. The SMILES string of the molecule is CCCN(CC)CCC1CCCC1(C#N)NC(C)C. The molecule has 1 aliphatic rings. The Balaban J connectivity index is 2.58. The predicted octanol–water partition coefficient (Wildman–Crippen LogP) is 3.17. The smallest absolute Gasteiger partial charge is 0.109 e. The Hall–Kier alpha value is -0.590. The van der Waals surface area contributed by atoms with Gasteiger partial charge in [-0.05, 0) is 65.1 Å². The number of nitrogens with zero attached hydrogens (tertiary/aromatic N) is 2. The molecule has 110 valence electrons. The van der Waals surface area contributed by atoms with E-state index in [-0.39, 0.29) is 5.54 Å². The lowest BCUT2D eigenvalue weighted by atomic mass is 9.85. The third-order valence-electron chi connectivity index (χ3n) is 4.35. The lowest BCUT2D eigenvalue weighted by Gasteiger charge is -2.33. The van der Waals surface area contributed by atoms with Gasteiger partial charge in [-0.3, -0.25) is 5.32 Å². The van der Waals surface area contributed by atoms with Crippen LogP contribution in [0.15, 0.2) is 0 Å². The minimum absolute atomic E-state index is 0.264. The van der Waals surface area contributed by atoms with Crippen molar-refractivity contribution in [2.75, 3.05) is 19.6 Å². The molecule has 1 saturated carbocycles. The normalized spacial score (nSPS) is 27.1. The first-order valence-electron chi connectivity index (χ1n) is 7.99. The Morgan fingerprint density at radius 2 is 2.11 bits per heavy atom. The fraction of sp³-hybridized carbons (Fsp3) is 0.938. The van der Waals surface area contributed by atoms with Crippen molar-refractivity contribution in [2.45, 2.75) is 71.4 Å². The second-order valence-corrected chi connectivity index (χ2v) is 6.19. The maximum absolute atomic E-state index is 9.64. The molecular weight excluding hydrogens is 234 g/mol. The van der Waals surface area contributed by atoms with E-state index in [1.54, 1.807) is 0 Å². The number of hydrogen-bond donors (Lipinski definition) is 1. The summed E-state index contributed by atoms with van der Waals surface area (Å²) < 4.78 is 0. The highest BCUT2D eigenvalue weighted by atomic mass is 15.1. The van der Waals surface area contributed by atoms with Gasteiger partial charge in [-0.1, -0.05) is 20.3 Å². The zero-order valence-corrected chi connectivity index (χ0v) is 13.2. The number of hydrogen-bond acceptors (Lipinski definition) is 3. The van der Waals surface area contributed by atoms with Gasteiger partial charge in [-0.25, -0.2) is 0 Å². The molecule has 0 saturated heterocycles. The quantitative estimate of drug-likeness (QED) is 0.732. The monoisotopic (exact) mass is 265 g/mol. The molecule has 0 aromatic carbocycles. The average molecular weight is 265 g/mol. The van der Waals surface area contributed by atoms with Crippen LogP contribution in [-0.2, 0) is 0 Å². The molecule has 3 heteroatoms. The first kappa shape index (κ1) is 16.5. The topological polar surface area (TPSA) is 39.1 Å². The Morgan fingerprint density at radius 1 is 1.37 bits per heavy atom. The van der Waals surface area contributed by atoms with Crippen LogP contribution in [0.1, 0.15) is 59.8 Å². The zero-order chi connectivity index (χ0) is 14.3. The van der Waals surface area contributed by atoms with E-state index in [1.807, 2.05) is 0 Å². The molecule has 1 rings (SSSR count). The van der Waals surface area contributed by atoms with Gasteiger partial charge in [0.2, 0.25) is 0 Å². The van der Waals surface area contributed by atoms with Crippen LogP contribution in [0.2, 0.25) is 0 Å². The zero-order valence-electron chi connectivity index (χ0n) is 13.2. The Morgan fingerprint density at radius 3 is 2.63 bits per heavy atom. The van der Waals surface area contributed by atoms with E-state index in [1.165, 1.54) is 25.8 Å². The van der Waals surface area contributed by atoms with Gasteiger partial charge in [-0.15, -0.1) is 0 Å². The molecule has 1 fully saturated rings. The summed E-state index contributed by atoms with van der Waals surface area (Å²) in [7, 11) is 0. The molecule has 0 aromatic rings. The van der Waals surface area contributed by atoms with E-state index in [4.69, 9.17) is 0 Å². The van der Waals surface area contributed by atoms with Gasteiger partial charge in [0.05, 0.1) is 6.07 Å². The highest BCUT2D eigenvalue weighted by Crippen LogP contribution is 2.38. The van der Waals surface area contributed by atoms with Crippen LogP contribution < -0.4 is 5.32 Å². The molecule has 19 heavy (non-hydrogen) atoms. The second kappa shape index (κ2) is 7.87. The van der Waals surface area contributed by atoms with Crippen LogP contribution in [-0.4, -0.2) is 36.1 Å². The van der Waals surface area contributed by atoms with Gasteiger partial charge >= 0.3 is 0 Å². The van der Waals surface area contributed by atoms with Crippen molar-refractivity contribution < 1.29 is 0 Å². The standard InChI is InChI=1S/C16H31N3/c1-5-11-19(6-2)12-9-15-8-7-10-16(15,13-17)18-14(3)4/h14-15,18H,5-12H2,1-4H3. The van der Waals surface area contributed by atoms with Crippen LogP contribution >= 0.6 is 0 Å². The van der Waals surface area contributed by atoms with Crippen LogP contribution in [0.4, 0.5) is 0 Å². The van der Waals surface area contributed by atoms with Gasteiger partial charge < -0.3 is 4.90 Å². The molecule has 0 bridgehead atoms. The number of nitriles is 1. The van der Waals surface area contributed by atoms with Gasteiger partial charge in [0.1, 0.15) is 5.54 Å². The van der Waals surface area contributed by atoms with Crippen LogP contribution in [0, 0.1) is 17.2 Å². The summed E-state index contributed by atoms with van der Waals surface area (Å²) in [5, 5.41) is 13.2. The van der Waals surface area contributed by atoms with Crippen LogP contribution in [0.5, 0.6) is 0 Å². The molecule has 1 N–H and O–H groups in total. The van der Waals surface area contributed by atoms with Crippen molar-refractivity contribution in [1.29, 1.82) is 5.26 Å². The predicted molar refractivity (Wildman–Crippen MR) is 81.0 cm³/mol. The first-order valence-corrected chi connectivity index (χ1v) is 7.99. The maximum atomic E-state index is 9.64. The molecule has 2 unspecified atom stereocenters. The molecular formula is C16H31N3. The van der Waals surface area contributed by atoms with Crippen molar-refractivity contribution in [2.24, 2.45) is 5.92 Å². The van der Waals surface area contributed by atoms with Gasteiger partial charge in [0.25, 0.3) is 0 Å². The number of rotatable bonds is 8. The van der Waals surface area contributed by atoms with Crippen LogP contribution in [0.3, 0.4) is 0 Å². The fourth-order valence-electron chi connectivity index (χ4n) is 3.44. The number of nitrogens with one attached hydrogen (secondary N) is 1. The molecule has 0 heterocycles. The summed E-state index contributed by atoms with van der Waals surface area (Å²) in [4.78, 5) is 2.51. The molecule has 2 atom stereocenters. The van der Waals surface area contributed by atoms with E-state index < -0.39 is 0 Å². The minimum atomic E-state index is -0.264. The molecule has 0 aromatic heterocycles. The van der Waals surface area contributed by atoms with E-state index in [0.717, 1.165) is 25.9 Å². The van der Waals surface area contributed by atoms with E-state index >= 15 is 0 Å². The summed E-state index contributed by atoms with van der Waals surface area (Å²) in [5.74, 6) is 0.519. The van der Waals surface area contributed by atoms with E-state index in [0.29, 0.717) is 12.0 Å². The molecule has 0 amide bonds. The summed E-state index contributed by atoms with van der Waals surface area (Å²) in [6.07, 6.45) is 5.79. The van der Waals surface area contributed by atoms with Gasteiger partial charge in [0, 0.05) is 6.04 Å². The van der Waals surface area contributed by atoms with Gasteiger partial charge in [-0.2, -0.15) is 5.26 Å². The first-order chi connectivity index (χ1) is 9.07. The lowest BCUT2D eigenvalue weighted by Crippen LogP contribution is -2.50. The molecule has 0 radical (unpaired) electrons. The van der Waals surface area contributed by atoms with E-state index in [9.17, 15) is 5.26 Å². The van der Waals surface area contributed by atoms with Gasteiger partial charge in [0.15, 0.2) is 0 Å². The average Bonchev–Trinajstić information content (AvgIpc) is 2.77. The summed E-state index contributed by atoms with van der Waals surface area (Å²) in [6, 6.07) is 2.99. The van der Waals surface area contributed by atoms with Crippen LogP contribution in [0.25, 0.3) is 0 Å². The Bertz CT molecular complexity index is 295. The fourth-order valence-corrected chi connectivity index (χ4v) is 3.44. The highest BCUT2D eigenvalue weighted by molar-refractivity contribution is 5.14. The largest absolute Gasteiger partial charge is 0.304 e. The minimum Gasteiger partial charge on any atom is -0.304 e. The molecule has 0 spiro atoms. The Labute approximate surface area is 119 Å². The van der Waals surface area contributed by atoms with Crippen molar-refractivity contribution in [3.63, 3.8) is 0 Å². The third-order valence-corrected chi connectivity index (χ3v) is 4.35. The van der Waals surface area contributed by atoms with Crippen molar-refractivity contribution in [3.8, 4) is 6.07 Å². The molecule has 0 aliphatic heterocycles. The van der Waals surface area contributed by atoms with Crippen molar-refractivity contribution >= 4 is 0 Å².